The molecule has 0 bridgehead atoms. The van der Waals surface area contributed by atoms with Crippen molar-refractivity contribution in [3.63, 3.8) is 0 Å². The van der Waals surface area contributed by atoms with Crippen LogP contribution in [0.25, 0.3) is 0 Å². The summed E-state index contributed by atoms with van der Waals surface area (Å²) in [6, 6.07) is 0. The Morgan fingerprint density at radius 1 is 1.19 bits per heavy atom. The first-order chi connectivity index (χ1) is 7.77. The Hall–Kier alpha value is -1.10. The van der Waals surface area contributed by atoms with E-state index in [0.717, 1.165) is 14.7 Å². The van der Waals surface area contributed by atoms with Crippen LogP contribution in [0.15, 0.2) is 57.3 Å². The van der Waals surface area contributed by atoms with E-state index in [9.17, 15) is 4.79 Å². The van der Waals surface area contributed by atoms with Crippen LogP contribution < -0.4 is 0 Å². The fourth-order valence-electron chi connectivity index (χ4n) is 2.17. The molecule has 2 unspecified atom stereocenters. The third kappa shape index (κ3) is 1.42. The number of esters is 1. The van der Waals surface area contributed by atoms with Gasteiger partial charge in [-0.05, 0) is 40.3 Å². The molecular formula is C13H9IO2. The maximum atomic E-state index is 11.8. The van der Waals surface area contributed by atoms with Crippen LogP contribution in [0.4, 0.5) is 0 Å². The van der Waals surface area contributed by atoms with Crippen LogP contribution in [0.1, 0.15) is 0 Å². The molecule has 3 heteroatoms. The zero-order valence-electron chi connectivity index (χ0n) is 8.39. The molecule has 0 amide bonds. The van der Waals surface area contributed by atoms with Crippen molar-refractivity contribution in [2.24, 2.45) is 5.92 Å². The summed E-state index contributed by atoms with van der Waals surface area (Å²) in [5, 5.41) is 0. The lowest BCUT2D eigenvalue weighted by Gasteiger charge is -2.32. The Kier molecular flexibility index (Phi) is 2.35. The fourth-order valence-corrected chi connectivity index (χ4v) is 2.99. The molecule has 0 aromatic rings. The van der Waals surface area contributed by atoms with Crippen LogP contribution in [0.5, 0.6) is 0 Å². The van der Waals surface area contributed by atoms with Gasteiger partial charge in [-0.3, -0.25) is 4.79 Å². The molecule has 0 spiro atoms. The molecule has 3 aliphatic rings. The third-order valence-electron chi connectivity index (χ3n) is 2.90. The number of ether oxygens (including phenoxy) is 1. The minimum absolute atomic E-state index is 0.153. The monoisotopic (exact) mass is 324 g/mol. The van der Waals surface area contributed by atoms with E-state index in [1.807, 2.05) is 42.5 Å². The smallest absolute Gasteiger partial charge is 0.318 e. The molecule has 0 N–H and O–H groups in total. The Bertz CT molecular complexity index is 506. The van der Waals surface area contributed by atoms with Gasteiger partial charge in [-0.1, -0.05) is 30.4 Å². The first kappa shape index (κ1) is 10.1. The molecule has 80 valence electrons. The standard InChI is InChI=1S/C13H9IO2/c14-10-6-3-7-11-12(10)8-4-1-2-5-9(8)13(15)16-11/h1-7,9,11H. The van der Waals surface area contributed by atoms with Crippen molar-refractivity contribution >= 4 is 28.6 Å². The first-order valence-electron chi connectivity index (χ1n) is 5.11. The fraction of sp³-hybridized carbons (Fsp3) is 0.154. The van der Waals surface area contributed by atoms with Crippen molar-refractivity contribution in [2.45, 2.75) is 6.10 Å². The summed E-state index contributed by atoms with van der Waals surface area (Å²) in [6.45, 7) is 0. The molecular weight excluding hydrogens is 315 g/mol. The number of carbonyl (C=O) groups is 1. The molecule has 0 aromatic heterocycles. The molecule has 2 atom stereocenters. The van der Waals surface area contributed by atoms with Crippen LogP contribution in [0, 0.1) is 5.92 Å². The molecule has 1 heterocycles. The van der Waals surface area contributed by atoms with Gasteiger partial charge in [0.15, 0.2) is 0 Å². The zero-order valence-corrected chi connectivity index (χ0v) is 10.5. The SMILES string of the molecule is O=C1OC2C=CC=C(I)C2=C2C=CC=CC12. The zero-order chi connectivity index (χ0) is 11.1. The molecule has 2 aliphatic carbocycles. The summed E-state index contributed by atoms with van der Waals surface area (Å²) in [4.78, 5) is 11.8. The predicted octanol–water partition coefficient (Wildman–Crippen LogP) is 2.84. The molecule has 0 saturated heterocycles. The summed E-state index contributed by atoms with van der Waals surface area (Å²) in [5.41, 5.74) is 2.21. The van der Waals surface area contributed by atoms with Gasteiger partial charge >= 0.3 is 5.97 Å². The van der Waals surface area contributed by atoms with Crippen molar-refractivity contribution in [3.05, 3.63) is 57.3 Å². The van der Waals surface area contributed by atoms with Gasteiger partial charge in [0.1, 0.15) is 12.0 Å². The highest BCUT2D eigenvalue weighted by molar-refractivity contribution is 14.1. The predicted molar refractivity (Wildman–Crippen MR) is 69.9 cm³/mol. The molecule has 2 nitrogen and oxygen atoms in total. The number of carbonyl (C=O) groups excluding carboxylic acids is 1. The molecule has 1 aliphatic heterocycles. The third-order valence-corrected chi connectivity index (χ3v) is 3.84. The van der Waals surface area contributed by atoms with Crippen molar-refractivity contribution in [3.8, 4) is 0 Å². The molecule has 0 radical (unpaired) electrons. The van der Waals surface area contributed by atoms with Crippen LogP contribution in [0.3, 0.4) is 0 Å². The summed E-state index contributed by atoms with van der Waals surface area (Å²) < 4.78 is 6.57. The number of halogens is 1. The summed E-state index contributed by atoms with van der Waals surface area (Å²) in [5.74, 6) is -0.374. The largest absolute Gasteiger partial charge is 0.452 e. The number of hydrogen-bond donors (Lipinski definition) is 0. The van der Waals surface area contributed by atoms with E-state index >= 15 is 0 Å². The average molecular weight is 324 g/mol. The van der Waals surface area contributed by atoms with Gasteiger partial charge in [-0.25, -0.2) is 0 Å². The van der Waals surface area contributed by atoms with E-state index in [0.29, 0.717) is 0 Å². The van der Waals surface area contributed by atoms with Gasteiger partial charge in [0.05, 0.1) is 0 Å². The molecule has 0 saturated carbocycles. The Morgan fingerprint density at radius 3 is 2.94 bits per heavy atom. The van der Waals surface area contributed by atoms with Gasteiger partial charge in [0, 0.05) is 9.15 Å². The number of allylic oxidation sites excluding steroid dienone is 5. The number of rotatable bonds is 0. The van der Waals surface area contributed by atoms with Crippen molar-refractivity contribution in [2.75, 3.05) is 0 Å². The van der Waals surface area contributed by atoms with Crippen molar-refractivity contribution in [1.29, 1.82) is 0 Å². The van der Waals surface area contributed by atoms with E-state index in [1.54, 1.807) is 0 Å². The molecule has 16 heavy (non-hydrogen) atoms. The van der Waals surface area contributed by atoms with E-state index < -0.39 is 0 Å². The van der Waals surface area contributed by atoms with Gasteiger partial charge in [-0.15, -0.1) is 0 Å². The molecule has 0 fully saturated rings. The Labute approximate surface area is 107 Å². The quantitative estimate of drug-likeness (QED) is 0.506. The van der Waals surface area contributed by atoms with E-state index in [4.69, 9.17) is 4.74 Å². The van der Waals surface area contributed by atoms with E-state index in [-0.39, 0.29) is 18.0 Å². The van der Waals surface area contributed by atoms with Gasteiger partial charge in [-0.2, -0.15) is 0 Å². The topological polar surface area (TPSA) is 26.3 Å². The number of fused-ring (bicyclic) bond motifs is 2. The summed E-state index contributed by atoms with van der Waals surface area (Å²) in [7, 11) is 0. The second-order valence-electron chi connectivity index (χ2n) is 3.85. The van der Waals surface area contributed by atoms with Gasteiger partial charge in [0.2, 0.25) is 0 Å². The second kappa shape index (κ2) is 3.73. The summed E-state index contributed by atoms with van der Waals surface area (Å²) >= 11 is 2.29. The van der Waals surface area contributed by atoms with Gasteiger partial charge < -0.3 is 4.74 Å². The maximum absolute atomic E-state index is 11.8. The lowest BCUT2D eigenvalue weighted by molar-refractivity contribution is -0.148. The molecule has 3 rings (SSSR count). The average Bonchev–Trinajstić information content (AvgIpc) is 2.29. The van der Waals surface area contributed by atoms with Gasteiger partial charge in [0.25, 0.3) is 0 Å². The lowest BCUT2D eigenvalue weighted by Crippen LogP contribution is -2.33. The summed E-state index contributed by atoms with van der Waals surface area (Å²) in [6.07, 6.45) is 13.5. The lowest BCUT2D eigenvalue weighted by atomic mass is 9.84. The highest BCUT2D eigenvalue weighted by atomic mass is 127. The minimum Gasteiger partial charge on any atom is -0.452 e. The second-order valence-corrected chi connectivity index (χ2v) is 5.01. The minimum atomic E-state index is -0.221. The van der Waals surface area contributed by atoms with Crippen molar-refractivity contribution in [1.82, 2.24) is 0 Å². The van der Waals surface area contributed by atoms with Crippen LogP contribution in [0.2, 0.25) is 0 Å². The van der Waals surface area contributed by atoms with Crippen molar-refractivity contribution < 1.29 is 9.53 Å². The van der Waals surface area contributed by atoms with E-state index in [2.05, 4.69) is 22.6 Å². The maximum Gasteiger partial charge on any atom is 0.318 e. The number of hydrogen-bond acceptors (Lipinski definition) is 2. The molecule has 0 aromatic carbocycles. The normalized spacial score (nSPS) is 30.8. The van der Waals surface area contributed by atoms with Crippen LogP contribution in [-0.2, 0) is 9.53 Å². The van der Waals surface area contributed by atoms with Crippen LogP contribution >= 0.6 is 22.6 Å². The van der Waals surface area contributed by atoms with E-state index in [1.165, 1.54) is 0 Å². The first-order valence-corrected chi connectivity index (χ1v) is 6.19. The Morgan fingerprint density at radius 2 is 2.06 bits per heavy atom. The van der Waals surface area contributed by atoms with Crippen LogP contribution in [-0.4, -0.2) is 12.1 Å². The Balaban J connectivity index is 2.19. The highest BCUT2D eigenvalue weighted by Crippen LogP contribution is 2.39. The highest BCUT2D eigenvalue weighted by Gasteiger charge is 2.36.